The van der Waals surface area contributed by atoms with E-state index in [2.05, 4.69) is 0 Å². The zero-order valence-electron chi connectivity index (χ0n) is 10.0. The lowest BCUT2D eigenvalue weighted by Gasteiger charge is -2.28. The highest BCUT2D eigenvalue weighted by atomic mass is 35.5. The number of hydrogen-bond donors (Lipinski definition) is 1. The first-order chi connectivity index (χ1) is 8.26. The molecule has 18 heavy (non-hydrogen) atoms. The molecule has 3 nitrogen and oxygen atoms in total. The second-order valence-electron chi connectivity index (χ2n) is 4.48. The van der Waals surface area contributed by atoms with Gasteiger partial charge in [-0.15, -0.1) is 23.2 Å². The molecule has 0 aliphatic heterocycles. The fourth-order valence-electron chi connectivity index (χ4n) is 1.29. The minimum Gasteiger partial charge on any atom is -0.286 e. The van der Waals surface area contributed by atoms with Gasteiger partial charge in [-0.25, -0.2) is 5.06 Å². The number of carbonyl (C=O) groups excluding carboxylic acids is 1. The third-order valence-corrected chi connectivity index (χ3v) is 4.07. The predicted octanol–water partition coefficient (Wildman–Crippen LogP) is 3.89. The number of amides is 1. The van der Waals surface area contributed by atoms with Gasteiger partial charge in [-0.2, -0.15) is 0 Å². The molecular formula is C12H14Cl3NO2. The van der Waals surface area contributed by atoms with Crippen molar-refractivity contribution in [2.75, 3.05) is 0 Å². The average Bonchev–Trinajstić information content (AvgIpc) is 2.30. The SMILES string of the molecule is CC(C)(C(=O)N(O)Cc1ccccc1Cl)C(Cl)Cl. The van der Waals surface area contributed by atoms with Crippen molar-refractivity contribution in [2.24, 2.45) is 5.41 Å². The molecule has 6 heteroatoms. The lowest BCUT2D eigenvalue weighted by Crippen LogP contribution is -2.42. The monoisotopic (exact) mass is 309 g/mol. The molecule has 1 rings (SSSR count). The number of hydroxylamine groups is 2. The largest absolute Gasteiger partial charge is 0.286 e. The zero-order chi connectivity index (χ0) is 13.9. The molecule has 0 saturated carbocycles. The van der Waals surface area contributed by atoms with Gasteiger partial charge in [0.2, 0.25) is 0 Å². The van der Waals surface area contributed by atoms with E-state index >= 15 is 0 Å². The third kappa shape index (κ3) is 3.51. The Bertz CT molecular complexity index is 435. The van der Waals surface area contributed by atoms with Crippen LogP contribution in [0.2, 0.25) is 5.02 Å². The number of rotatable bonds is 4. The molecule has 0 atom stereocenters. The smallest absolute Gasteiger partial charge is 0.254 e. The van der Waals surface area contributed by atoms with Gasteiger partial charge < -0.3 is 0 Å². The van der Waals surface area contributed by atoms with Crippen LogP contribution in [-0.4, -0.2) is 21.0 Å². The van der Waals surface area contributed by atoms with Gasteiger partial charge in [0, 0.05) is 5.02 Å². The van der Waals surface area contributed by atoms with Crippen molar-refractivity contribution in [1.82, 2.24) is 5.06 Å². The minimum absolute atomic E-state index is 0.0115. The van der Waals surface area contributed by atoms with Crippen molar-refractivity contribution in [1.29, 1.82) is 0 Å². The minimum atomic E-state index is -1.07. The van der Waals surface area contributed by atoms with Gasteiger partial charge in [-0.05, 0) is 25.5 Å². The number of carbonyl (C=O) groups is 1. The van der Waals surface area contributed by atoms with Crippen LogP contribution in [-0.2, 0) is 11.3 Å². The van der Waals surface area contributed by atoms with E-state index < -0.39 is 16.2 Å². The van der Waals surface area contributed by atoms with Gasteiger partial charge in [0.05, 0.1) is 12.0 Å². The number of halogens is 3. The Morgan fingerprint density at radius 3 is 2.44 bits per heavy atom. The summed E-state index contributed by atoms with van der Waals surface area (Å²) in [5.74, 6) is -0.558. The predicted molar refractivity (Wildman–Crippen MR) is 73.1 cm³/mol. The molecule has 0 heterocycles. The van der Waals surface area contributed by atoms with Crippen molar-refractivity contribution < 1.29 is 10.0 Å². The molecule has 100 valence electrons. The van der Waals surface area contributed by atoms with E-state index in [-0.39, 0.29) is 6.54 Å². The molecule has 0 aromatic heterocycles. The molecule has 1 amide bonds. The summed E-state index contributed by atoms with van der Waals surface area (Å²) in [5.41, 5.74) is -0.425. The van der Waals surface area contributed by atoms with Gasteiger partial charge in [0.15, 0.2) is 0 Å². The molecule has 0 radical (unpaired) electrons. The average molecular weight is 311 g/mol. The van der Waals surface area contributed by atoms with E-state index in [1.54, 1.807) is 38.1 Å². The van der Waals surface area contributed by atoms with Gasteiger partial charge in [-0.1, -0.05) is 29.8 Å². The standard InChI is InChI=1S/C12H14Cl3NO2/c1-12(2,10(14)15)11(17)16(18)7-8-5-3-4-6-9(8)13/h3-6,10,18H,7H2,1-2H3. The van der Waals surface area contributed by atoms with Crippen LogP contribution in [0.25, 0.3) is 0 Å². The molecule has 1 aromatic rings. The van der Waals surface area contributed by atoms with Crippen molar-refractivity contribution >= 4 is 40.7 Å². The Hall–Kier alpha value is -0.480. The number of nitrogens with zero attached hydrogens (tertiary/aromatic N) is 1. The molecule has 0 saturated heterocycles. The highest BCUT2D eigenvalue weighted by Gasteiger charge is 2.37. The Labute approximate surface area is 121 Å². The molecule has 0 aliphatic carbocycles. The van der Waals surface area contributed by atoms with E-state index in [4.69, 9.17) is 34.8 Å². The Morgan fingerprint density at radius 1 is 1.39 bits per heavy atom. The fraction of sp³-hybridized carbons (Fsp3) is 0.417. The van der Waals surface area contributed by atoms with Gasteiger partial charge in [0.1, 0.15) is 4.84 Å². The molecule has 0 aliphatic rings. The van der Waals surface area contributed by atoms with Crippen molar-refractivity contribution in [3.8, 4) is 0 Å². The topological polar surface area (TPSA) is 40.5 Å². The van der Waals surface area contributed by atoms with E-state index in [0.717, 1.165) is 0 Å². The number of benzene rings is 1. The van der Waals surface area contributed by atoms with E-state index in [1.807, 2.05) is 0 Å². The molecule has 0 spiro atoms. The molecule has 0 fully saturated rings. The second kappa shape index (κ2) is 6.11. The normalized spacial score (nSPS) is 11.7. The Kier molecular flexibility index (Phi) is 5.29. The first-order valence-corrected chi connectivity index (χ1v) is 6.54. The van der Waals surface area contributed by atoms with Crippen LogP contribution in [0.4, 0.5) is 0 Å². The zero-order valence-corrected chi connectivity index (χ0v) is 12.3. The van der Waals surface area contributed by atoms with Crippen LogP contribution in [0.5, 0.6) is 0 Å². The van der Waals surface area contributed by atoms with Gasteiger partial charge >= 0.3 is 0 Å². The third-order valence-electron chi connectivity index (χ3n) is 2.61. The van der Waals surface area contributed by atoms with Crippen LogP contribution >= 0.6 is 34.8 Å². The maximum atomic E-state index is 12.0. The summed E-state index contributed by atoms with van der Waals surface area (Å²) in [4.78, 5) is 11.1. The van der Waals surface area contributed by atoms with E-state index in [9.17, 15) is 10.0 Å². The highest BCUT2D eigenvalue weighted by Crippen LogP contribution is 2.31. The van der Waals surface area contributed by atoms with Crippen LogP contribution in [0, 0.1) is 5.41 Å². The number of hydrogen-bond acceptors (Lipinski definition) is 2. The summed E-state index contributed by atoms with van der Waals surface area (Å²) >= 11 is 17.4. The maximum absolute atomic E-state index is 12.0. The number of alkyl halides is 2. The van der Waals surface area contributed by atoms with Crippen molar-refractivity contribution in [3.05, 3.63) is 34.9 Å². The second-order valence-corrected chi connectivity index (χ2v) is 5.98. The molecular weight excluding hydrogens is 296 g/mol. The molecule has 0 bridgehead atoms. The quantitative estimate of drug-likeness (QED) is 0.521. The summed E-state index contributed by atoms with van der Waals surface area (Å²) in [6.07, 6.45) is 0. The van der Waals surface area contributed by atoms with Crippen LogP contribution < -0.4 is 0 Å². The Morgan fingerprint density at radius 2 is 1.94 bits per heavy atom. The van der Waals surface area contributed by atoms with Crippen LogP contribution in [0.1, 0.15) is 19.4 Å². The summed E-state index contributed by atoms with van der Waals surface area (Å²) in [7, 11) is 0. The summed E-state index contributed by atoms with van der Waals surface area (Å²) < 4.78 is 0. The van der Waals surface area contributed by atoms with Crippen LogP contribution in [0.3, 0.4) is 0 Å². The molecule has 1 N–H and O–H groups in total. The first-order valence-electron chi connectivity index (χ1n) is 5.29. The van der Waals surface area contributed by atoms with Crippen molar-refractivity contribution in [3.63, 3.8) is 0 Å². The molecule has 1 aromatic carbocycles. The van der Waals surface area contributed by atoms with Gasteiger partial charge in [-0.3, -0.25) is 10.0 Å². The van der Waals surface area contributed by atoms with Crippen LogP contribution in [0.15, 0.2) is 24.3 Å². The lowest BCUT2D eigenvalue weighted by atomic mass is 9.94. The summed E-state index contributed by atoms with van der Waals surface area (Å²) in [6, 6.07) is 6.96. The summed E-state index contributed by atoms with van der Waals surface area (Å²) in [5, 5.41) is 10.9. The van der Waals surface area contributed by atoms with E-state index in [0.29, 0.717) is 15.6 Å². The van der Waals surface area contributed by atoms with E-state index in [1.165, 1.54) is 0 Å². The molecule has 0 unspecified atom stereocenters. The lowest BCUT2D eigenvalue weighted by molar-refractivity contribution is -0.177. The summed E-state index contributed by atoms with van der Waals surface area (Å²) in [6.45, 7) is 3.12. The highest BCUT2D eigenvalue weighted by molar-refractivity contribution is 6.45. The van der Waals surface area contributed by atoms with Crippen molar-refractivity contribution in [2.45, 2.75) is 25.2 Å². The Balaban J connectivity index is 2.81. The first kappa shape index (κ1) is 15.6. The fourth-order valence-corrected chi connectivity index (χ4v) is 1.67. The maximum Gasteiger partial charge on any atom is 0.254 e. The van der Waals surface area contributed by atoms with Gasteiger partial charge in [0.25, 0.3) is 5.91 Å².